The van der Waals surface area contributed by atoms with Crippen molar-refractivity contribution >= 4 is 17.5 Å². The van der Waals surface area contributed by atoms with Gasteiger partial charge in [-0.25, -0.2) is 0 Å². The van der Waals surface area contributed by atoms with E-state index >= 15 is 0 Å². The zero-order valence-corrected chi connectivity index (χ0v) is 15.5. The van der Waals surface area contributed by atoms with Crippen LogP contribution in [0.4, 0.5) is 5.69 Å². The van der Waals surface area contributed by atoms with Gasteiger partial charge in [0.15, 0.2) is 0 Å². The van der Waals surface area contributed by atoms with Gasteiger partial charge in [-0.05, 0) is 24.6 Å². The van der Waals surface area contributed by atoms with E-state index in [-0.39, 0.29) is 17.9 Å². The Morgan fingerprint density at radius 2 is 2.12 bits per heavy atom. The van der Waals surface area contributed by atoms with E-state index in [1.807, 2.05) is 24.0 Å². The Labute approximate surface area is 154 Å². The molecule has 0 radical (unpaired) electrons. The van der Waals surface area contributed by atoms with Crippen LogP contribution in [0, 0.1) is 0 Å². The number of ether oxygens (including phenoxy) is 2. The van der Waals surface area contributed by atoms with Gasteiger partial charge < -0.3 is 24.6 Å². The van der Waals surface area contributed by atoms with E-state index in [0.29, 0.717) is 31.7 Å². The number of anilines is 1. The van der Waals surface area contributed by atoms with Gasteiger partial charge in [-0.15, -0.1) is 0 Å². The van der Waals surface area contributed by atoms with E-state index in [2.05, 4.69) is 10.2 Å². The van der Waals surface area contributed by atoms with Crippen LogP contribution in [0.25, 0.3) is 0 Å². The van der Waals surface area contributed by atoms with Crippen LogP contribution in [-0.2, 0) is 9.53 Å². The van der Waals surface area contributed by atoms with Gasteiger partial charge in [0.05, 0.1) is 32.1 Å². The van der Waals surface area contributed by atoms with E-state index < -0.39 is 0 Å². The molecule has 142 valence electrons. The van der Waals surface area contributed by atoms with Gasteiger partial charge in [0.2, 0.25) is 5.91 Å². The topological polar surface area (TPSA) is 71.1 Å². The van der Waals surface area contributed by atoms with Crippen LogP contribution < -0.4 is 15.0 Å². The smallest absolute Gasteiger partial charge is 0.251 e. The highest BCUT2D eigenvalue weighted by Gasteiger charge is 2.30. The summed E-state index contributed by atoms with van der Waals surface area (Å²) in [4.78, 5) is 28.6. The second kappa shape index (κ2) is 8.40. The maximum Gasteiger partial charge on any atom is 0.251 e. The van der Waals surface area contributed by atoms with Crippen molar-refractivity contribution in [3.63, 3.8) is 0 Å². The van der Waals surface area contributed by atoms with Crippen molar-refractivity contribution in [3.8, 4) is 5.75 Å². The highest BCUT2D eigenvalue weighted by atomic mass is 16.5. The molecule has 26 heavy (non-hydrogen) atoms. The first-order valence-electron chi connectivity index (χ1n) is 9.21. The molecule has 3 rings (SSSR count). The second-order valence-corrected chi connectivity index (χ2v) is 6.70. The summed E-state index contributed by atoms with van der Waals surface area (Å²) in [6, 6.07) is 5.32. The third kappa shape index (κ3) is 4.09. The fourth-order valence-electron chi connectivity index (χ4n) is 3.51. The highest BCUT2D eigenvalue weighted by molar-refractivity contribution is 5.96. The molecule has 1 aromatic carbocycles. The van der Waals surface area contributed by atoms with Crippen molar-refractivity contribution < 1.29 is 19.1 Å². The minimum Gasteiger partial charge on any atom is -0.495 e. The fourth-order valence-corrected chi connectivity index (χ4v) is 3.51. The summed E-state index contributed by atoms with van der Waals surface area (Å²) >= 11 is 0. The molecule has 0 spiro atoms. The Hall–Kier alpha value is -2.28. The number of nitrogens with zero attached hydrogens (tertiary/aromatic N) is 2. The number of methoxy groups -OCH3 is 1. The number of nitrogens with one attached hydrogen (secondary N) is 1. The molecule has 1 N–H and O–H groups in total. The SMILES string of the molecule is CCCN1CC(NC(=O)c2ccc(OC)c(N3CCOCC3)c2)CC1=O. The Morgan fingerprint density at radius 1 is 1.35 bits per heavy atom. The molecule has 7 heteroatoms. The predicted octanol–water partition coefficient (Wildman–Crippen LogP) is 1.27. The van der Waals surface area contributed by atoms with Crippen molar-refractivity contribution in [2.75, 3.05) is 51.4 Å². The van der Waals surface area contributed by atoms with Crippen LogP contribution in [0.3, 0.4) is 0 Å². The number of amides is 2. The summed E-state index contributed by atoms with van der Waals surface area (Å²) in [6.07, 6.45) is 1.30. The molecule has 0 aliphatic carbocycles. The van der Waals surface area contributed by atoms with Gasteiger partial charge in [0.1, 0.15) is 5.75 Å². The van der Waals surface area contributed by atoms with Gasteiger partial charge in [-0.2, -0.15) is 0 Å². The maximum absolute atomic E-state index is 12.7. The molecule has 0 bridgehead atoms. The van der Waals surface area contributed by atoms with Gasteiger partial charge in [-0.3, -0.25) is 9.59 Å². The van der Waals surface area contributed by atoms with Crippen molar-refractivity contribution in [2.45, 2.75) is 25.8 Å². The Kier molecular flexibility index (Phi) is 5.98. The predicted molar refractivity (Wildman–Crippen MR) is 98.8 cm³/mol. The van der Waals surface area contributed by atoms with Gasteiger partial charge in [0, 0.05) is 38.2 Å². The van der Waals surface area contributed by atoms with E-state index in [9.17, 15) is 9.59 Å². The Balaban J connectivity index is 1.70. The molecule has 0 aromatic heterocycles. The van der Waals surface area contributed by atoms with Crippen LogP contribution in [0.5, 0.6) is 5.75 Å². The number of carbonyl (C=O) groups is 2. The molecule has 7 nitrogen and oxygen atoms in total. The number of morpholine rings is 1. The first kappa shape index (κ1) is 18.5. The second-order valence-electron chi connectivity index (χ2n) is 6.70. The Morgan fingerprint density at radius 3 is 2.81 bits per heavy atom. The standard InChI is InChI=1S/C19H27N3O4/c1-3-6-22-13-15(12-18(22)23)20-19(24)14-4-5-17(25-2)16(11-14)21-7-9-26-10-8-21/h4-5,11,15H,3,6-10,12-13H2,1-2H3,(H,20,24). The molecular formula is C19H27N3O4. The number of hydrogen-bond acceptors (Lipinski definition) is 5. The molecule has 0 saturated carbocycles. The monoisotopic (exact) mass is 361 g/mol. The largest absolute Gasteiger partial charge is 0.495 e. The lowest BCUT2D eigenvalue weighted by atomic mass is 10.1. The number of benzene rings is 1. The summed E-state index contributed by atoms with van der Waals surface area (Å²) in [5.41, 5.74) is 1.48. The molecule has 2 heterocycles. The van der Waals surface area contributed by atoms with Crippen LogP contribution in [0.15, 0.2) is 18.2 Å². The number of rotatable bonds is 6. The molecule has 2 fully saturated rings. The third-order valence-corrected chi connectivity index (χ3v) is 4.84. The zero-order valence-electron chi connectivity index (χ0n) is 15.5. The highest BCUT2D eigenvalue weighted by Crippen LogP contribution is 2.30. The number of likely N-dealkylation sites (tertiary alicyclic amines) is 1. The van der Waals surface area contributed by atoms with Gasteiger partial charge in [0.25, 0.3) is 5.91 Å². The molecule has 2 saturated heterocycles. The average molecular weight is 361 g/mol. The average Bonchev–Trinajstić information content (AvgIpc) is 3.01. The van der Waals surface area contributed by atoms with Crippen molar-refractivity contribution in [2.24, 2.45) is 0 Å². The molecular weight excluding hydrogens is 334 g/mol. The van der Waals surface area contributed by atoms with Crippen LogP contribution in [0.1, 0.15) is 30.1 Å². The lowest BCUT2D eigenvalue weighted by Gasteiger charge is -2.30. The summed E-state index contributed by atoms with van der Waals surface area (Å²) in [5, 5.41) is 3.00. The summed E-state index contributed by atoms with van der Waals surface area (Å²) in [6.45, 7) is 6.24. The molecule has 1 aromatic rings. The van der Waals surface area contributed by atoms with E-state index in [1.165, 1.54) is 0 Å². The summed E-state index contributed by atoms with van der Waals surface area (Å²) in [7, 11) is 1.63. The number of carbonyl (C=O) groups excluding carboxylic acids is 2. The summed E-state index contributed by atoms with van der Waals surface area (Å²) in [5.74, 6) is 0.702. The lowest BCUT2D eigenvalue weighted by Crippen LogP contribution is -2.38. The normalized spacial score (nSPS) is 20.4. The third-order valence-electron chi connectivity index (χ3n) is 4.84. The molecule has 2 aliphatic heterocycles. The van der Waals surface area contributed by atoms with Crippen LogP contribution in [-0.4, -0.2) is 69.3 Å². The van der Waals surface area contributed by atoms with Gasteiger partial charge >= 0.3 is 0 Å². The molecule has 1 unspecified atom stereocenters. The van der Waals surface area contributed by atoms with Crippen molar-refractivity contribution in [3.05, 3.63) is 23.8 Å². The minimum absolute atomic E-state index is 0.112. The van der Waals surface area contributed by atoms with E-state index in [0.717, 1.165) is 37.5 Å². The molecule has 2 aliphatic rings. The first-order chi connectivity index (χ1) is 12.6. The van der Waals surface area contributed by atoms with Crippen molar-refractivity contribution in [1.82, 2.24) is 10.2 Å². The minimum atomic E-state index is -0.154. The lowest BCUT2D eigenvalue weighted by molar-refractivity contribution is -0.127. The van der Waals surface area contributed by atoms with Crippen LogP contribution in [0.2, 0.25) is 0 Å². The molecule has 2 amide bonds. The maximum atomic E-state index is 12.7. The summed E-state index contributed by atoms with van der Waals surface area (Å²) < 4.78 is 10.9. The van der Waals surface area contributed by atoms with Gasteiger partial charge in [-0.1, -0.05) is 6.92 Å². The van der Waals surface area contributed by atoms with Crippen LogP contribution >= 0.6 is 0 Å². The fraction of sp³-hybridized carbons (Fsp3) is 0.579. The quantitative estimate of drug-likeness (QED) is 0.826. The van der Waals surface area contributed by atoms with E-state index in [1.54, 1.807) is 13.2 Å². The van der Waals surface area contributed by atoms with Crippen molar-refractivity contribution in [1.29, 1.82) is 0 Å². The Bertz CT molecular complexity index is 658. The number of hydrogen-bond donors (Lipinski definition) is 1. The van der Waals surface area contributed by atoms with E-state index in [4.69, 9.17) is 9.47 Å². The zero-order chi connectivity index (χ0) is 18.5. The first-order valence-corrected chi connectivity index (χ1v) is 9.21. The molecule has 1 atom stereocenters.